The van der Waals surface area contributed by atoms with Crippen molar-refractivity contribution in [1.29, 1.82) is 0 Å². The number of fused-ring (bicyclic) bond motifs is 3. The van der Waals surface area contributed by atoms with Crippen LogP contribution in [0.1, 0.15) is 52.6 Å². The molecule has 0 fully saturated rings. The lowest BCUT2D eigenvalue weighted by atomic mass is 9.89. The van der Waals surface area contributed by atoms with E-state index in [9.17, 15) is 9.59 Å². The van der Waals surface area contributed by atoms with E-state index >= 15 is 0 Å². The van der Waals surface area contributed by atoms with Gasteiger partial charge in [0.25, 0.3) is 11.8 Å². The Morgan fingerprint density at radius 3 is 2.11 bits per heavy atom. The van der Waals surface area contributed by atoms with E-state index in [0.29, 0.717) is 17.7 Å². The first-order valence-electron chi connectivity index (χ1n) is 12.4. The monoisotopic (exact) mass is 547 g/mol. The van der Waals surface area contributed by atoms with E-state index in [1.165, 1.54) is 26.4 Å². The minimum atomic E-state index is -0.221. The average molecular weight is 548 g/mol. The average Bonchev–Trinajstić information content (AvgIpc) is 2.87. The molecule has 0 saturated carbocycles. The highest BCUT2D eigenvalue weighted by Crippen LogP contribution is 2.34. The van der Waals surface area contributed by atoms with Crippen molar-refractivity contribution in [3.63, 3.8) is 0 Å². The van der Waals surface area contributed by atoms with Crippen molar-refractivity contribution in [3.05, 3.63) is 106 Å². The predicted molar refractivity (Wildman–Crippen MR) is 157 cm³/mol. The van der Waals surface area contributed by atoms with Crippen molar-refractivity contribution in [2.45, 2.75) is 20.8 Å². The molecule has 1 heterocycles. The molecule has 4 heteroatoms. The molecule has 37 heavy (non-hydrogen) atoms. The Morgan fingerprint density at radius 2 is 1.35 bits per heavy atom. The number of halogens is 1. The highest BCUT2D eigenvalue weighted by Gasteiger charge is 2.35. The summed E-state index contributed by atoms with van der Waals surface area (Å²) in [5, 5.41) is 6.46. The van der Waals surface area contributed by atoms with Crippen LogP contribution in [0.2, 0.25) is 0 Å². The van der Waals surface area contributed by atoms with Crippen LogP contribution in [0.4, 0.5) is 0 Å². The fourth-order valence-electron chi connectivity index (χ4n) is 5.23. The summed E-state index contributed by atoms with van der Waals surface area (Å²) in [6.07, 6.45) is 4.13. The molecule has 0 atom stereocenters. The van der Waals surface area contributed by atoms with Gasteiger partial charge >= 0.3 is 0 Å². The van der Waals surface area contributed by atoms with E-state index in [0.717, 1.165) is 26.4 Å². The van der Waals surface area contributed by atoms with E-state index in [2.05, 4.69) is 70.5 Å². The van der Waals surface area contributed by atoms with Gasteiger partial charge in [-0.3, -0.25) is 14.5 Å². The Kier molecular flexibility index (Phi) is 5.54. The zero-order chi connectivity index (χ0) is 25.9. The van der Waals surface area contributed by atoms with Crippen LogP contribution in [-0.4, -0.2) is 23.3 Å². The van der Waals surface area contributed by atoms with E-state index in [1.807, 2.05) is 57.2 Å². The van der Waals surface area contributed by atoms with Gasteiger partial charge < -0.3 is 0 Å². The molecular weight excluding hydrogens is 522 g/mol. The van der Waals surface area contributed by atoms with Crippen molar-refractivity contribution in [2.75, 3.05) is 6.54 Å². The van der Waals surface area contributed by atoms with E-state index in [4.69, 9.17) is 0 Å². The third kappa shape index (κ3) is 4.25. The second kappa shape index (κ2) is 8.67. The summed E-state index contributed by atoms with van der Waals surface area (Å²) in [5.74, 6) is -0.432. The second-order valence-corrected chi connectivity index (χ2v) is 11.9. The first kappa shape index (κ1) is 23.6. The maximum atomic E-state index is 13.5. The van der Waals surface area contributed by atoms with Gasteiger partial charge in [0.2, 0.25) is 0 Å². The van der Waals surface area contributed by atoms with Crippen molar-refractivity contribution >= 4 is 72.2 Å². The molecule has 1 aliphatic heterocycles. The number of rotatable bonds is 3. The number of hydrogen-bond donors (Lipinski definition) is 0. The second-order valence-electron chi connectivity index (χ2n) is 11.0. The Bertz CT molecular complexity index is 1790. The van der Waals surface area contributed by atoms with Gasteiger partial charge in [-0.25, -0.2) is 0 Å². The number of carbonyl (C=O) groups is 2. The largest absolute Gasteiger partial charge is 0.274 e. The minimum Gasteiger partial charge on any atom is -0.274 e. The number of nitrogens with zero attached hydrogens (tertiary/aromatic N) is 1. The Hall–Kier alpha value is -3.76. The summed E-state index contributed by atoms with van der Waals surface area (Å²) in [6.45, 7) is 6.48. The number of amides is 2. The summed E-state index contributed by atoms with van der Waals surface area (Å²) in [6, 6.07) is 26.8. The zero-order valence-corrected chi connectivity index (χ0v) is 22.6. The maximum absolute atomic E-state index is 13.5. The molecule has 0 aliphatic carbocycles. The first-order chi connectivity index (χ1) is 17.7. The van der Waals surface area contributed by atoms with Crippen LogP contribution in [-0.2, 0) is 0 Å². The quantitative estimate of drug-likeness (QED) is 0.128. The van der Waals surface area contributed by atoms with Crippen LogP contribution < -0.4 is 0 Å². The van der Waals surface area contributed by atoms with Gasteiger partial charge in [0.05, 0.1) is 0 Å². The number of imide groups is 1. The number of benzene rings is 5. The molecule has 0 spiro atoms. The highest BCUT2D eigenvalue weighted by molar-refractivity contribution is 9.10. The number of carbonyl (C=O) groups excluding carboxylic acids is 2. The van der Waals surface area contributed by atoms with E-state index in [-0.39, 0.29) is 17.2 Å². The number of hydrogen-bond acceptors (Lipinski definition) is 2. The molecule has 5 aromatic carbocycles. The fourth-order valence-corrected chi connectivity index (χ4v) is 5.59. The van der Waals surface area contributed by atoms with Gasteiger partial charge in [0.1, 0.15) is 0 Å². The van der Waals surface area contributed by atoms with Gasteiger partial charge in [-0.15, -0.1) is 0 Å². The molecule has 5 aromatic rings. The standard InChI is InChI=1S/C33H26BrNO2/c1-33(2,3)19-35-31(36)26-6-4-5-24-15-21(17-29(30(24)26)32(35)37)8-7-20-9-10-22-11-12-23-13-14-25(34)18-28(23)27(22)16-20/h4-18H,19H2,1-3H3/b8-7+. The SMILES string of the molecule is CC(C)(C)CN1C(=O)c2cccc3cc(/C=C/c4ccc5ccc6ccc(Br)cc6c5c4)cc(c23)C1=O. The lowest BCUT2D eigenvalue weighted by molar-refractivity contribution is 0.0555. The first-order valence-corrected chi connectivity index (χ1v) is 13.2. The van der Waals surface area contributed by atoms with Crippen LogP contribution in [0.3, 0.4) is 0 Å². The molecule has 0 radical (unpaired) electrons. The van der Waals surface area contributed by atoms with Gasteiger partial charge in [0.15, 0.2) is 0 Å². The van der Waals surface area contributed by atoms with Gasteiger partial charge in [0, 0.05) is 27.5 Å². The summed E-state index contributed by atoms with van der Waals surface area (Å²) < 4.78 is 1.06. The van der Waals surface area contributed by atoms with Crippen LogP contribution in [0.5, 0.6) is 0 Å². The fraction of sp³-hybridized carbons (Fsp3) is 0.152. The Labute approximate surface area is 224 Å². The maximum Gasteiger partial charge on any atom is 0.261 e. The molecular formula is C33H26BrNO2. The van der Waals surface area contributed by atoms with Crippen molar-refractivity contribution in [3.8, 4) is 0 Å². The topological polar surface area (TPSA) is 37.4 Å². The smallest absolute Gasteiger partial charge is 0.261 e. The lowest BCUT2D eigenvalue weighted by Gasteiger charge is -2.32. The summed E-state index contributed by atoms with van der Waals surface area (Å²) in [7, 11) is 0. The molecule has 1 aliphatic rings. The molecule has 3 nitrogen and oxygen atoms in total. The van der Waals surface area contributed by atoms with Crippen molar-refractivity contribution in [2.24, 2.45) is 5.41 Å². The zero-order valence-electron chi connectivity index (χ0n) is 21.0. The minimum absolute atomic E-state index is 0.190. The molecule has 2 amide bonds. The van der Waals surface area contributed by atoms with Crippen molar-refractivity contribution < 1.29 is 9.59 Å². The van der Waals surface area contributed by atoms with E-state index in [1.54, 1.807) is 0 Å². The molecule has 0 aromatic heterocycles. The summed E-state index contributed by atoms with van der Waals surface area (Å²) in [4.78, 5) is 28.1. The lowest BCUT2D eigenvalue weighted by Crippen LogP contribution is -2.44. The summed E-state index contributed by atoms with van der Waals surface area (Å²) >= 11 is 3.60. The van der Waals surface area contributed by atoms with Gasteiger partial charge in [-0.05, 0) is 79.9 Å². The molecule has 182 valence electrons. The molecule has 0 bridgehead atoms. The predicted octanol–water partition coefficient (Wildman–Crippen LogP) is 8.72. The Morgan fingerprint density at radius 1 is 0.703 bits per heavy atom. The van der Waals surface area contributed by atoms with Gasteiger partial charge in [-0.1, -0.05) is 91.3 Å². The molecule has 0 saturated heterocycles. The van der Waals surface area contributed by atoms with E-state index < -0.39 is 0 Å². The summed E-state index contributed by atoms with van der Waals surface area (Å²) in [5.41, 5.74) is 3.01. The molecule has 6 rings (SSSR count). The Balaban J connectivity index is 1.43. The molecule has 0 N–H and O–H groups in total. The highest BCUT2D eigenvalue weighted by atomic mass is 79.9. The normalized spacial score (nSPS) is 14.0. The molecule has 0 unspecified atom stereocenters. The van der Waals surface area contributed by atoms with Crippen molar-refractivity contribution in [1.82, 2.24) is 4.90 Å². The van der Waals surface area contributed by atoms with Crippen LogP contribution >= 0.6 is 15.9 Å². The van der Waals surface area contributed by atoms with Crippen LogP contribution in [0.15, 0.2) is 83.3 Å². The third-order valence-corrected chi connectivity index (χ3v) is 7.37. The van der Waals surface area contributed by atoms with Crippen LogP contribution in [0.25, 0.3) is 44.5 Å². The van der Waals surface area contributed by atoms with Gasteiger partial charge in [-0.2, -0.15) is 0 Å². The third-order valence-electron chi connectivity index (χ3n) is 6.88. The van der Waals surface area contributed by atoms with Crippen LogP contribution in [0, 0.1) is 5.41 Å².